The molecule has 1 aromatic rings. The number of rotatable bonds is 3. The first-order valence-corrected chi connectivity index (χ1v) is 9.45. The summed E-state index contributed by atoms with van der Waals surface area (Å²) in [4.78, 5) is 0.291. The minimum Gasteiger partial charge on any atom is -0.263 e. The van der Waals surface area contributed by atoms with Crippen molar-refractivity contribution in [3.8, 4) is 0 Å². The standard InChI is InChI=1S/C17H22O3S/c1-11-2-6-14(7-3-11)21(18,19)20-16-9-8-15-12-4-5-13(10-12)17(15)16/h2-3,6-7,12-13,15-17H,4-5,8-10H2,1H3/t12-,13+,15-,16-,17+/m0/s1. The van der Waals surface area contributed by atoms with Gasteiger partial charge in [0.1, 0.15) is 0 Å². The number of benzene rings is 1. The molecule has 0 radical (unpaired) electrons. The Labute approximate surface area is 126 Å². The van der Waals surface area contributed by atoms with Crippen LogP contribution in [0.1, 0.15) is 37.7 Å². The van der Waals surface area contributed by atoms with Crippen LogP contribution in [0.2, 0.25) is 0 Å². The van der Waals surface area contributed by atoms with Crippen molar-refractivity contribution >= 4 is 10.1 Å². The zero-order valence-electron chi connectivity index (χ0n) is 12.4. The number of aryl methyl sites for hydroxylation is 1. The van der Waals surface area contributed by atoms with Crippen molar-refractivity contribution in [1.29, 1.82) is 0 Å². The van der Waals surface area contributed by atoms with Crippen LogP contribution in [0.15, 0.2) is 29.2 Å². The molecule has 0 amide bonds. The summed E-state index contributed by atoms with van der Waals surface area (Å²) in [7, 11) is -3.62. The summed E-state index contributed by atoms with van der Waals surface area (Å²) in [6, 6.07) is 6.95. The highest BCUT2D eigenvalue weighted by atomic mass is 32.2. The second kappa shape index (κ2) is 4.82. The SMILES string of the molecule is Cc1ccc(S(=O)(=O)O[C@H]2CC[C@H]3[C@H]4CC[C@H](C4)[C@H]32)cc1. The maximum absolute atomic E-state index is 12.5. The fraction of sp³-hybridized carbons (Fsp3) is 0.647. The molecule has 114 valence electrons. The lowest BCUT2D eigenvalue weighted by Gasteiger charge is -2.28. The van der Waals surface area contributed by atoms with Gasteiger partial charge in [0, 0.05) is 0 Å². The van der Waals surface area contributed by atoms with Crippen LogP contribution in [-0.4, -0.2) is 14.5 Å². The summed E-state index contributed by atoms with van der Waals surface area (Å²) in [5.74, 6) is 2.77. The van der Waals surface area contributed by atoms with Crippen LogP contribution in [0.4, 0.5) is 0 Å². The third-order valence-corrected chi connectivity index (χ3v) is 7.28. The Morgan fingerprint density at radius 3 is 2.48 bits per heavy atom. The topological polar surface area (TPSA) is 43.4 Å². The molecule has 3 saturated carbocycles. The molecule has 5 atom stereocenters. The van der Waals surface area contributed by atoms with Crippen LogP contribution in [0, 0.1) is 30.6 Å². The molecule has 0 spiro atoms. The molecule has 3 aliphatic rings. The third-order valence-electron chi connectivity index (χ3n) is 5.93. The zero-order chi connectivity index (χ0) is 14.6. The average molecular weight is 306 g/mol. The molecule has 1 aromatic carbocycles. The molecule has 0 aromatic heterocycles. The second-order valence-corrected chi connectivity index (χ2v) is 8.63. The zero-order valence-corrected chi connectivity index (χ0v) is 13.2. The van der Waals surface area contributed by atoms with Crippen molar-refractivity contribution in [3.63, 3.8) is 0 Å². The summed E-state index contributed by atoms with van der Waals surface area (Å²) in [5, 5.41) is 0. The van der Waals surface area contributed by atoms with Gasteiger partial charge in [0.15, 0.2) is 0 Å². The highest BCUT2D eigenvalue weighted by Gasteiger charge is 2.54. The van der Waals surface area contributed by atoms with Crippen LogP contribution >= 0.6 is 0 Å². The molecular weight excluding hydrogens is 284 g/mol. The molecule has 0 unspecified atom stereocenters. The Bertz CT molecular complexity index is 635. The monoisotopic (exact) mass is 306 g/mol. The van der Waals surface area contributed by atoms with E-state index in [-0.39, 0.29) is 6.10 Å². The third kappa shape index (κ3) is 2.23. The molecule has 4 rings (SSSR count). The van der Waals surface area contributed by atoms with Gasteiger partial charge in [0.25, 0.3) is 10.1 Å². The Morgan fingerprint density at radius 1 is 1.00 bits per heavy atom. The summed E-state index contributed by atoms with van der Waals surface area (Å²) in [6.45, 7) is 1.95. The van der Waals surface area contributed by atoms with E-state index in [1.54, 1.807) is 12.1 Å². The van der Waals surface area contributed by atoms with Crippen molar-refractivity contribution < 1.29 is 12.6 Å². The average Bonchev–Trinajstić information content (AvgIpc) is 3.12. The lowest BCUT2D eigenvalue weighted by Crippen LogP contribution is -2.29. The Hall–Kier alpha value is -0.870. The quantitative estimate of drug-likeness (QED) is 0.802. The van der Waals surface area contributed by atoms with E-state index in [1.807, 2.05) is 19.1 Å². The van der Waals surface area contributed by atoms with E-state index in [0.717, 1.165) is 30.2 Å². The molecule has 0 N–H and O–H groups in total. The van der Waals surface area contributed by atoms with E-state index in [4.69, 9.17) is 4.18 Å². The van der Waals surface area contributed by atoms with Crippen molar-refractivity contribution in [2.24, 2.45) is 23.7 Å². The molecule has 0 heterocycles. The maximum atomic E-state index is 12.5. The minimum atomic E-state index is -3.62. The summed E-state index contributed by atoms with van der Waals surface area (Å²) in [6.07, 6.45) is 5.91. The van der Waals surface area contributed by atoms with Gasteiger partial charge in [-0.25, -0.2) is 0 Å². The van der Waals surface area contributed by atoms with Crippen LogP contribution in [0.5, 0.6) is 0 Å². The van der Waals surface area contributed by atoms with E-state index < -0.39 is 10.1 Å². The van der Waals surface area contributed by atoms with Gasteiger partial charge in [-0.3, -0.25) is 4.18 Å². The van der Waals surface area contributed by atoms with Gasteiger partial charge in [0.2, 0.25) is 0 Å². The van der Waals surface area contributed by atoms with E-state index in [2.05, 4.69) is 0 Å². The largest absolute Gasteiger partial charge is 0.297 e. The summed E-state index contributed by atoms with van der Waals surface area (Å²) in [5.41, 5.74) is 1.06. The van der Waals surface area contributed by atoms with E-state index >= 15 is 0 Å². The molecule has 3 fully saturated rings. The van der Waals surface area contributed by atoms with E-state index in [9.17, 15) is 8.42 Å². The van der Waals surface area contributed by atoms with Crippen LogP contribution < -0.4 is 0 Å². The first kappa shape index (κ1) is 13.8. The number of hydrogen-bond acceptors (Lipinski definition) is 3. The smallest absolute Gasteiger partial charge is 0.263 e. The highest BCUT2D eigenvalue weighted by Crippen LogP contribution is 2.59. The Morgan fingerprint density at radius 2 is 1.71 bits per heavy atom. The molecule has 3 aliphatic carbocycles. The number of fused-ring (bicyclic) bond motifs is 5. The van der Waals surface area contributed by atoms with Gasteiger partial charge in [0.05, 0.1) is 11.0 Å². The summed E-state index contributed by atoms with van der Waals surface area (Å²) < 4.78 is 30.6. The first-order chi connectivity index (χ1) is 10.0. The predicted molar refractivity (Wildman–Crippen MR) is 80.3 cm³/mol. The minimum absolute atomic E-state index is 0.0865. The van der Waals surface area contributed by atoms with Crippen molar-refractivity contribution in [1.82, 2.24) is 0 Å². The molecule has 3 nitrogen and oxygen atoms in total. The van der Waals surface area contributed by atoms with Gasteiger partial charge in [-0.15, -0.1) is 0 Å². The molecule has 21 heavy (non-hydrogen) atoms. The van der Waals surface area contributed by atoms with Crippen LogP contribution in [-0.2, 0) is 14.3 Å². The Balaban J connectivity index is 1.54. The van der Waals surface area contributed by atoms with E-state index in [0.29, 0.717) is 16.7 Å². The van der Waals surface area contributed by atoms with Gasteiger partial charge in [-0.1, -0.05) is 17.7 Å². The van der Waals surface area contributed by atoms with Crippen molar-refractivity contribution in [2.75, 3.05) is 0 Å². The lowest BCUT2D eigenvalue weighted by molar-refractivity contribution is 0.113. The normalized spacial score (nSPS) is 37.9. The fourth-order valence-electron chi connectivity index (χ4n) is 5.05. The van der Waals surface area contributed by atoms with Gasteiger partial charge >= 0.3 is 0 Å². The van der Waals surface area contributed by atoms with Crippen molar-refractivity contribution in [2.45, 2.75) is 50.0 Å². The maximum Gasteiger partial charge on any atom is 0.297 e. The van der Waals surface area contributed by atoms with Crippen LogP contribution in [0.25, 0.3) is 0 Å². The molecule has 0 aliphatic heterocycles. The predicted octanol–water partition coefficient (Wildman–Crippen LogP) is 3.53. The van der Waals surface area contributed by atoms with E-state index in [1.165, 1.54) is 19.3 Å². The van der Waals surface area contributed by atoms with Crippen LogP contribution in [0.3, 0.4) is 0 Å². The van der Waals surface area contributed by atoms with Gasteiger partial charge in [-0.2, -0.15) is 8.42 Å². The molecule has 0 saturated heterocycles. The molecule has 4 heteroatoms. The first-order valence-electron chi connectivity index (χ1n) is 8.04. The summed E-state index contributed by atoms with van der Waals surface area (Å²) >= 11 is 0. The highest BCUT2D eigenvalue weighted by molar-refractivity contribution is 7.86. The molecule has 2 bridgehead atoms. The Kier molecular flexibility index (Phi) is 3.16. The second-order valence-electron chi connectivity index (χ2n) is 7.05. The number of hydrogen-bond donors (Lipinski definition) is 0. The van der Waals surface area contributed by atoms with Gasteiger partial charge in [-0.05, 0) is 74.8 Å². The van der Waals surface area contributed by atoms with Gasteiger partial charge < -0.3 is 0 Å². The van der Waals surface area contributed by atoms with Crippen molar-refractivity contribution in [3.05, 3.63) is 29.8 Å². The lowest BCUT2D eigenvalue weighted by atomic mass is 9.81. The molecular formula is C17H22O3S. The fourth-order valence-corrected chi connectivity index (χ4v) is 6.18.